The Morgan fingerprint density at radius 1 is 1.20 bits per heavy atom. The average molecular weight is 413 g/mol. The van der Waals surface area contributed by atoms with Crippen LogP contribution in [0.1, 0.15) is 53.2 Å². The van der Waals surface area contributed by atoms with Crippen LogP contribution in [-0.2, 0) is 16.0 Å². The van der Waals surface area contributed by atoms with E-state index in [1.54, 1.807) is 5.38 Å². The van der Waals surface area contributed by atoms with Crippen LogP contribution in [0.5, 0.6) is 0 Å². The van der Waals surface area contributed by atoms with Gasteiger partial charge in [0.2, 0.25) is 11.8 Å². The van der Waals surface area contributed by atoms with Gasteiger partial charge < -0.3 is 16.4 Å². The zero-order chi connectivity index (χ0) is 17.7. The maximum absolute atomic E-state index is 12.2. The number of halogens is 2. The summed E-state index contributed by atoms with van der Waals surface area (Å²) >= 11 is 1.32. The van der Waals surface area contributed by atoms with Gasteiger partial charge in [-0.3, -0.25) is 9.59 Å². The van der Waals surface area contributed by atoms with Gasteiger partial charge in [0.05, 0.1) is 17.7 Å². The van der Waals surface area contributed by atoms with Crippen molar-refractivity contribution in [3.05, 3.63) is 11.1 Å². The largest absolute Gasteiger partial charge is 0.349 e. The molecule has 1 heterocycles. The molecule has 9 heteroatoms. The molecule has 0 aromatic carbocycles. The molecule has 4 N–H and O–H groups in total. The Labute approximate surface area is 166 Å². The quantitative estimate of drug-likeness (QED) is 0.640. The first kappa shape index (κ1) is 26.3. The van der Waals surface area contributed by atoms with E-state index < -0.39 is 5.41 Å². The fourth-order valence-electron chi connectivity index (χ4n) is 2.00. The van der Waals surface area contributed by atoms with Crippen molar-refractivity contribution in [2.24, 2.45) is 11.1 Å². The van der Waals surface area contributed by atoms with Gasteiger partial charge in [-0.1, -0.05) is 34.6 Å². The fourth-order valence-corrected chi connectivity index (χ4v) is 2.71. The summed E-state index contributed by atoms with van der Waals surface area (Å²) in [7, 11) is 0. The number of aromatic nitrogens is 1. The van der Waals surface area contributed by atoms with E-state index in [1.807, 2.05) is 34.6 Å². The fraction of sp³-hybridized carbons (Fsp3) is 0.688. The summed E-state index contributed by atoms with van der Waals surface area (Å²) in [5, 5.41) is 8.10. The lowest BCUT2D eigenvalue weighted by Crippen LogP contribution is -2.53. The molecule has 0 bridgehead atoms. The monoisotopic (exact) mass is 412 g/mol. The van der Waals surface area contributed by atoms with Crippen LogP contribution >= 0.6 is 36.2 Å². The van der Waals surface area contributed by atoms with Gasteiger partial charge in [0.1, 0.15) is 0 Å². The van der Waals surface area contributed by atoms with Crippen LogP contribution in [0.4, 0.5) is 5.13 Å². The number of rotatable bonds is 7. The second-order valence-corrected chi connectivity index (χ2v) is 7.62. The van der Waals surface area contributed by atoms with E-state index in [0.29, 0.717) is 17.4 Å². The highest BCUT2D eigenvalue weighted by Gasteiger charge is 2.27. The van der Waals surface area contributed by atoms with Crippen molar-refractivity contribution in [3.8, 4) is 0 Å². The summed E-state index contributed by atoms with van der Waals surface area (Å²) in [6, 6.07) is 0. The lowest BCUT2D eigenvalue weighted by molar-refractivity contribution is -0.123. The van der Waals surface area contributed by atoms with Crippen LogP contribution in [0.25, 0.3) is 0 Å². The smallest absolute Gasteiger partial charge is 0.231 e. The van der Waals surface area contributed by atoms with Crippen LogP contribution in [0.2, 0.25) is 0 Å². The molecule has 25 heavy (non-hydrogen) atoms. The van der Waals surface area contributed by atoms with Gasteiger partial charge in [-0.15, -0.1) is 36.2 Å². The molecule has 0 saturated heterocycles. The molecule has 0 atom stereocenters. The highest BCUT2D eigenvalue weighted by Crippen LogP contribution is 2.21. The Bertz CT molecular complexity index is 546. The Kier molecular flexibility index (Phi) is 11.5. The maximum atomic E-state index is 12.2. The highest BCUT2D eigenvalue weighted by molar-refractivity contribution is 7.13. The minimum absolute atomic E-state index is 0. The molecule has 146 valence electrons. The molecule has 0 aliphatic carbocycles. The Hall–Kier alpha value is -0.890. The van der Waals surface area contributed by atoms with E-state index in [1.165, 1.54) is 11.3 Å². The van der Waals surface area contributed by atoms with E-state index in [-0.39, 0.29) is 48.6 Å². The number of carbonyl (C=O) groups is 2. The predicted molar refractivity (Wildman–Crippen MR) is 109 cm³/mol. The minimum atomic E-state index is -0.480. The van der Waals surface area contributed by atoms with Gasteiger partial charge in [0, 0.05) is 17.3 Å². The van der Waals surface area contributed by atoms with Crippen LogP contribution in [0.15, 0.2) is 5.38 Å². The van der Waals surface area contributed by atoms with Crippen molar-refractivity contribution >= 4 is 53.1 Å². The number of hydrogen-bond acceptors (Lipinski definition) is 5. The summed E-state index contributed by atoms with van der Waals surface area (Å²) in [5.41, 5.74) is 5.61. The van der Waals surface area contributed by atoms with Gasteiger partial charge in [-0.05, 0) is 12.8 Å². The zero-order valence-electron chi connectivity index (χ0n) is 15.5. The second-order valence-electron chi connectivity index (χ2n) is 6.76. The van der Waals surface area contributed by atoms with E-state index in [2.05, 4.69) is 15.6 Å². The van der Waals surface area contributed by atoms with Crippen molar-refractivity contribution < 1.29 is 9.59 Å². The van der Waals surface area contributed by atoms with Crippen LogP contribution in [0.3, 0.4) is 0 Å². The predicted octanol–water partition coefficient (Wildman–Crippen LogP) is 3.15. The molecule has 2 amide bonds. The van der Waals surface area contributed by atoms with E-state index in [0.717, 1.165) is 12.8 Å². The van der Waals surface area contributed by atoms with Crippen LogP contribution in [-0.4, -0.2) is 28.9 Å². The second kappa shape index (κ2) is 11.0. The Morgan fingerprint density at radius 3 is 2.20 bits per heavy atom. The minimum Gasteiger partial charge on any atom is -0.349 e. The summed E-state index contributed by atoms with van der Waals surface area (Å²) < 4.78 is 0. The van der Waals surface area contributed by atoms with E-state index in [4.69, 9.17) is 5.73 Å². The SMILES string of the molecule is CCC(CC)(CN)NC(=O)Cc1csc(NC(=O)C(C)(C)C)n1.Cl.Cl. The molecule has 1 aromatic heterocycles. The maximum Gasteiger partial charge on any atom is 0.231 e. The standard InChI is InChI=1S/C16H28N4O2S.2ClH/c1-6-16(7-2,10-17)20-12(21)8-11-9-23-14(18-11)19-13(22)15(3,4)5;;/h9H,6-8,10,17H2,1-5H3,(H,20,21)(H,18,19,22);2*1H. The van der Waals surface area contributed by atoms with Gasteiger partial charge in [0.25, 0.3) is 0 Å². The number of nitrogens with zero attached hydrogens (tertiary/aromatic N) is 1. The molecule has 1 rings (SSSR count). The van der Waals surface area contributed by atoms with Crippen molar-refractivity contribution in [2.75, 3.05) is 11.9 Å². The summed E-state index contributed by atoms with van der Waals surface area (Å²) in [5.74, 6) is -0.194. The van der Waals surface area contributed by atoms with Crippen molar-refractivity contribution in [1.82, 2.24) is 10.3 Å². The Balaban J connectivity index is 0. The molecule has 0 aliphatic heterocycles. The third-order valence-electron chi connectivity index (χ3n) is 3.94. The van der Waals surface area contributed by atoms with Gasteiger partial charge in [-0.25, -0.2) is 4.98 Å². The molecular weight excluding hydrogens is 383 g/mol. The molecule has 0 aliphatic rings. The van der Waals surface area contributed by atoms with Gasteiger partial charge in [-0.2, -0.15) is 0 Å². The number of nitrogens with one attached hydrogen (secondary N) is 2. The van der Waals surface area contributed by atoms with Crippen molar-refractivity contribution in [3.63, 3.8) is 0 Å². The van der Waals surface area contributed by atoms with Gasteiger partial charge >= 0.3 is 0 Å². The Morgan fingerprint density at radius 2 is 1.76 bits per heavy atom. The van der Waals surface area contributed by atoms with E-state index in [9.17, 15) is 9.59 Å². The molecule has 0 fully saturated rings. The molecule has 1 aromatic rings. The lowest BCUT2D eigenvalue weighted by atomic mass is 9.92. The third kappa shape index (κ3) is 7.90. The average Bonchev–Trinajstić information content (AvgIpc) is 2.91. The zero-order valence-corrected chi connectivity index (χ0v) is 17.9. The number of amides is 2. The number of nitrogens with two attached hydrogens (primary N) is 1. The first-order valence-corrected chi connectivity index (χ1v) is 8.80. The molecular formula is C16H30Cl2N4O2S. The summed E-state index contributed by atoms with van der Waals surface area (Å²) in [6.07, 6.45) is 1.76. The summed E-state index contributed by atoms with van der Waals surface area (Å²) in [6.45, 7) is 9.96. The normalized spacial score (nSPS) is 11.1. The van der Waals surface area contributed by atoms with Gasteiger partial charge in [0.15, 0.2) is 5.13 Å². The topological polar surface area (TPSA) is 97.1 Å². The lowest BCUT2D eigenvalue weighted by Gasteiger charge is -2.31. The van der Waals surface area contributed by atoms with Crippen molar-refractivity contribution in [1.29, 1.82) is 0 Å². The van der Waals surface area contributed by atoms with Crippen molar-refractivity contribution in [2.45, 2.75) is 59.4 Å². The highest BCUT2D eigenvalue weighted by atomic mass is 35.5. The van der Waals surface area contributed by atoms with Crippen LogP contribution in [0, 0.1) is 5.41 Å². The first-order valence-electron chi connectivity index (χ1n) is 7.92. The first-order chi connectivity index (χ1) is 10.7. The summed E-state index contributed by atoms with van der Waals surface area (Å²) in [4.78, 5) is 28.4. The molecule has 0 spiro atoms. The molecule has 0 radical (unpaired) electrons. The third-order valence-corrected chi connectivity index (χ3v) is 4.75. The molecule has 6 nitrogen and oxygen atoms in total. The molecule has 0 saturated carbocycles. The number of hydrogen-bond donors (Lipinski definition) is 3. The van der Waals surface area contributed by atoms with Crippen LogP contribution < -0.4 is 16.4 Å². The van der Waals surface area contributed by atoms with E-state index >= 15 is 0 Å². The number of anilines is 1. The molecule has 0 unspecified atom stereocenters. The number of thiazole rings is 1. The number of carbonyl (C=O) groups excluding carboxylic acids is 2.